The van der Waals surface area contributed by atoms with Gasteiger partial charge in [0.1, 0.15) is 23.2 Å². The molecule has 0 aromatic carbocycles. The summed E-state index contributed by atoms with van der Waals surface area (Å²) >= 11 is 0. The number of nitrogens with zero attached hydrogens (tertiary/aromatic N) is 4. The highest BCUT2D eigenvalue weighted by Gasteiger charge is 2.24. The van der Waals surface area contributed by atoms with Crippen LogP contribution in [-0.2, 0) is 13.0 Å². The van der Waals surface area contributed by atoms with Crippen LogP contribution >= 0.6 is 0 Å². The van der Waals surface area contributed by atoms with Gasteiger partial charge in [0, 0.05) is 45.4 Å². The Morgan fingerprint density at radius 1 is 1.20 bits per heavy atom. The monoisotopic (exact) mass is 469 g/mol. The van der Waals surface area contributed by atoms with Gasteiger partial charge in [0.25, 0.3) is 5.91 Å². The van der Waals surface area contributed by atoms with Crippen molar-refractivity contribution in [3.05, 3.63) is 88.9 Å². The van der Waals surface area contributed by atoms with Gasteiger partial charge in [0.15, 0.2) is 0 Å². The van der Waals surface area contributed by atoms with Crippen LogP contribution in [0.3, 0.4) is 0 Å². The van der Waals surface area contributed by atoms with Crippen LogP contribution in [0.1, 0.15) is 42.8 Å². The molecule has 8 heteroatoms. The summed E-state index contributed by atoms with van der Waals surface area (Å²) in [6, 6.07) is 7.48. The number of nitrogens with one attached hydrogen (secondary N) is 3. The molecule has 1 fully saturated rings. The van der Waals surface area contributed by atoms with E-state index in [-0.39, 0.29) is 13.4 Å². The summed E-state index contributed by atoms with van der Waals surface area (Å²) < 4.78 is 0. The van der Waals surface area contributed by atoms with Gasteiger partial charge in [-0.25, -0.2) is 4.98 Å². The fourth-order valence-electron chi connectivity index (χ4n) is 4.71. The molecule has 8 nitrogen and oxygen atoms in total. The number of hydrogen-bond donors (Lipinski definition) is 3. The standard InChI is InChI=1S/C27H29N7O.H2/c1-18-14-19(26(29)34-12-5-8-24(34)28)6-4-7-22(18)32-27(35)23-15-21-17-33(13-10-20(21)16-31-23)25-9-2-3-11-30-25;/h2-4,6-7,9,11,14-16,22,28-29H,5,8,10,12-13,17H2,1H3,(H,32,35);1H. The molecule has 3 N–H and O–H groups in total. The zero-order valence-corrected chi connectivity index (χ0v) is 19.8. The van der Waals surface area contributed by atoms with Gasteiger partial charge in [-0.1, -0.05) is 24.3 Å². The zero-order chi connectivity index (χ0) is 24.4. The molecule has 1 atom stereocenters. The van der Waals surface area contributed by atoms with E-state index in [1.165, 1.54) is 5.56 Å². The summed E-state index contributed by atoms with van der Waals surface area (Å²) in [6.45, 7) is 4.21. The number of likely N-dealkylation sites (tertiary alicyclic amines) is 1. The van der Waals surface area contributed by atoms with Crippen molar-refractivity contribution in [3.63, 3.8) is 0 Å². The first-order valence-corrected chi connectivity index (χ1v) is 11.9. The molecule has 1 saturated heterocycles. The fraction of sp³-hybridized carbons (Fsp3) is 0.296. The van der Waals surface area contributed by atoms with Crippen molar-refractivity contribution in [1.82, 2.24) is 20.2 Å². The van der Waals surface area contributed by atoms with E-state index < -0.39 is 0 Å². The SMILES string of the molecule is CC1=CC(C(=N)N2CCCC2=N)=CC=CC1NC(=O)c1cc2c(cn1)CCN(c1ccccn1)C2.[HH]. The molecule has 0 radical (unpaired) electrons. The molecule has 1 aliphatic carbocycles. The molecular formula is C27H31N7O. The summed E-state index contributed by atoms with van der Waals surface area (Å²) in [5.74, 6) is 1.52. The van der Waals surface area contributed by atoms with E-state index in [1.54, 1.807) is 11.1 Å². The predicted molar refractivity (Wildman–Crippen MR) is 139 cm³/mol. The first kappa shape index (κ1) is 22.7. The van der Waals surface area contributed by atoms with Crippen molar-refractivity contribution in [2.45, 2.75) is 38.8 Å². The number of rotatable bonds is 4. The Labute approximate surface area is 206 Å². The number of amides is 1. The maximum absolute atomic E-state index is 13.1. The van der Waals surface area contributed by atoms with E-state index >= 15 is 0 Å². The summed E-state index contributed by atoms with van der Waals surface area (Å²) in [5, 5.41) is 19.7. The third-order valence-electron chi connectivity index (χ3n) is 6.71. The van der Waals surface area contributed by atoms with Crippen molar-refractivity contribution in [2.24, 2.45) is 0 Å². The van der Waals surface area contributed by atoms with E-state index in [2.05, 4.69) is 20.2 Å². The van der Waals surface area contributed by atoms with Gasteiger partial charge in [-0.2, -0.15) is 0 Å². The lowest BCUT2D eigenvalue weighted by Crippen LogP contribution is -2.36. The first-order chi connectivity index (χ1) is 17.0. The first-order valence-electron chi connectivity index (χ1n) is 11.9. The average Bonchev–Trinajstić information content (AvgIpc) is 3.23. The topological polar surface area (TPSA) is 109 Å². The lowest BCUT2D eigenvalue weighted by molar-refractivity contribution is 0.0943. The number of hydrogen-bond acceptors (Lipinski definition) is 6. The fourth-order valence-corrected chi connectivity index (χ4v) is 4.71. The van der Waals surface area contributed by atoms with E-state index in [0.29, 0.717) is 36.9 Å². The van der Waals surface area contributed by atoms with E-state index in [0.717, 1.165) is 41.9 Å². The number of carbonyl (C=O) groups is 1. The van der Waals surface area contributed by atoms with Gasteiger partial charge in [-0.05, 0) is 60.7 Å². The number of pyridine rings is 2. The minimum Gasteiger partial charge on any atom is -0.352 e. The number of carbonyl (C=O) groups excluding carboxylic acids is 1. The van der Waals surface area contributed by atoms with Gasteiger partial charge >= 0.3 is 0 Å². The molecule has 5 rings (SSSR count). The van der Waals surface area contributed by atoms with E-state index in [9.17, 15) is 4.79 Å². The second-order valence-electron chi connectivity index (χ2n) is 9.09. The van der Waals surface area contributed by atoms with Crippen molar-refractivity contribution in [1.29, 1.82) is 10.8 Å². The molecule has 0 spiro atoms. The Bertz CT molecular complexity index is 1270. The van der Waals surface area contributed by atoms with Crippen LogP contribution in [0.4, 0.5) is 5.82 Å². The molecule has 2 aromatic rings. The molecule has 180 valence electrons. The molecule has 0 bridgehead atoms. The highest BCUT2D eigenvalue weighted by molar-refractivity contribution is 6.09. The van der Waals surface area contributed by atoms with Crippen LogP contribution in [0.2, 0.25) is 0 Å². The Morgan fingerprint density at radius 3 is 2.86 bits per heavy atom. The third-order valence-corrected chi connectivity index (χ3v) is 6.71. The zero-order valence-electron chi connectivity index (χ0n) is 19.8. The van der Waals surface area contributed by atoms with Crippen LogP contribution < -0.4 is 10.2 Å². The molecule has 1 unspecified atom stereocenters. The van der Waals surface area contributed by atoms with Gasteiger partial charge in [0.05, 0.1) is 6.04 Å². The van der Waals surface area contributed by atoms with Crippen molar-refractivity contribution in [3.8, 4) is 0 Å². The van der Waals surface area contributed by atoms with Crippen LogP contribution in [-0.4, -0.2) is 51.6 Å². The molecule has 0 saturated carbocycles. The number of anilines is 1. The molecule has 4 heterocycles. The number of allylic oxidation sites excluding steroid dienone is 2. The predicted octanol–water partition coefficient (Wildman–Crippen LogP) is 3.88. The molecule has 2 aliphatic heterocycles. The minimum atomic E-state index is -0.301. The van der Waals surface area contributed by atoms with Gasteiger partial charge < -0.3 is 15.1 Å². The van der Waals surface area contributed by atoms with E-state index in [4.69, 9.17) is 10.8 Å². The normalized spacial score (nSPS) is 19.6. The maximum atomic E-state index is 13.1. The lowest BCUT2D eigenvalue weighted by Gasteiger charge is -2.29. The summed E-state index contributed by atoms with van der Waals surface area (Å²) in [7, 11) is 0. The van der Waals surface area contributed by atoms with Crippen molar-refractivity contribution >= 4 is 23.4 Å². The Balaban J connectivity index is 0.00000304. The summed E-state index contributed by atoms with van der Waals surface area (Å²) in [5.41, 5.74) is 4.32. The Hall–Kier alpha value is -4.07. The number of amidine groups is 2. The molecular weight excluding hydrogens is 438 g/mol. The van der Waals surface area contributed by atoms with Crippen LogP contribution in [0.5, 0.6) is 0 Å². The smallest absolute Gasteiger partial charge is 0.270 e. The maximum Gasteiger partial charge on any atom is 0.270 e. The molecule has 35 heavy (non-hydrogen) atoms. The Morgan fingerprint density at radius 2 is 2.09 bits per heavy atom. The molecule has 2 aromatic heterocycles. The van der Waals surface area contributed by atoms with Gasteiger partial charge in [-0.15, -0.1) is 0 Å². The highest BCUT2D eigenvalue weighted by Crippen LogP contribution is 2.24. The number of fused-ring (bicyclic) bond motifs is 1. The highest BCUT2D eigenvalue weighted by atomic mass is 16.1. The molecule has 1 amide bonds. The second kappa shape index (κ2) is 9.66. The van der Waals surface area contributed by atoms with Crippen LogP contribution in [0, 0.1) is 10.8 Å². The molecule has 3 aliphatic rings. The van der Waals surface area contributed by atoms with Crippen molar-refractivity contribution in [2.75, 3.05) is 18.0 Å². The quantitative estimate of drug-likeness (QED) is 0.465. The summed E-state index contributed by atoms with van der Waals surface area (Å²) in [6.07, 6.45) is 13.7. The minimum absolute atomic E-state index is 0. The second-order valence-corrected chi connectivity index (χ2v) is 9.09. The third kappa shape index (κ3) is 4.77. The average molecular weight is 470 g/mol. The van der Waals surface area contributed by atoms with Gasteiger partial charge in [-0.3, -0.25) is 20.6 Å². The van der Waals surface area contributed by atoms with Gasteiger partial charge in [0.2, 0.25) is 0 Å². The lowest BCUT2D eigenvalue weighted by atomic mass is 10.0. The Kier molecular flexibility index (Phi) is 6.27. The van der Waals surface area contributed by atoms with E-state index in [1.807, 2.05) is 61.7 Å². The number of aromatic nitrogens is 2. The van der Waals surface area contributed by atoms with Crippen LogP contribution in [0.25, 0.3) is 0 Å². The van der Waals surface area contributed by atoms with Crippen molar-refractivity contribution < 1.29 is 6.22 Å². The largest absolute Gasteiger partial charge is 0.352 e. The van der Waals surface area contributed by atoms with Crippen LogP contribution in [0.15, 0.2) is 72.1 Å². The summed E-state index contributed by atoms with van der Waals surface area (Å²) in [4.78, 5) is 26.0.